The molecular weight excluding hydrogens is 195 g/mol. The summed E-state index contributed by atoms with van der Waals surface area (Å²) >= 11 is 3.60. The van der Waals surface area contributed by atoms with Gasteiger partial charge in [-0.25, -0.2) is 0 Å². The van der Waals surface area contributed by atoms with Crippen molar-refractivity contribution in [2.45, 2.75) is 6.92 Å². The Kier molecular flexibility index (Phi) is 5.29. The van der Waals surface area contributed by atoms with Gasteiger partial charge in [-0.1, -0.05) is 35.9 Å². The van der Waals surface area contributed by atoms with Gasteiger partial charge in [0.15, 0.2) is 0 Å². The monoisotopic (exact) mass is 206 g/mol. The van der Waals surface area contributed by atoms with E-state index in [1.165, 1.54) is 5.56 Å². The summed E-state index contributed by atoms with van der Waals surface area (Å²) in [5, 5.41) is 0. The summed E-state index contributed by atoms with van der Waals surface area (Å²) in [6, 6.07) is 10.3. The Bertz CT molecular complexity index is 248. The van der Waals surface area contributed by atoms with Crippen LogP contribution in [0.3, 0.4) is 0 Å². The highest BCUT2D eigenvalue weighted by Crippen LogP contribution is 2.26. The summed E-state index contributed by atoms with van der Waals surface area (Å²) in [5.74, 6) is 0. The van der Waals surface area contributed by atoms with E-state index in [4.69, 9.17) is 14.7 Å². The van der Waals surface area contributed by atoms with Crippen LogP contribution in [0.15, 0.2) is 30.3 Å². The molecule has 0 aliphatic rings. The molecule has 0 saturated carbocycles. The lowest BCUT2D eigenvalue weighted by atomic mass is 10.2. The molecular formula is C7H11O3PS. The summed E-state index contributed by atoms with van der Waals surface area (Å²) in [5.41, 5.74) is 1.32. The highest BCUT2D eigenvalue weighted by molar-refractivity contribution is 8.06. The first-order valence-corrected chi connectivity index (χ1v) is 5.85. The van der Waals surface area contributed by atoms with Crippen LogP contribution in [0.1, 0.15) is 5.56 Å². The van der Waals surface area contributed by atoms with Gasteiger partial charge in [-0.3, -0.25) is 0 Å². The minimum absolute atomic E-state index is 1.32. The lowest BCUT2D eigenvalue weighted by Crippen LogP contribution is -1.65. The van der Waals surface area contributed by atoms with E-state index in [0.717, 1.165) is 0 Å². The number of benzene rings is 1. The zero-order valence-electron chi connectivity index (χ0n) is 6.58. The Labute approximate surface area is 76.6 Å². The fraction of sp³-hybridized carbons (Fsp3) is 0.143. The lowest BCUT2D eigenvalue weighted by Gasteiger charge is -1.88. The van der Waals surface area contributed by atoms with E-state index in [2.05, 4.69) is 30.9 Å². The Morgan fingerprint density at radius 2 is 1.42 bits per heavy atom. The molecule has 0 fully saturated rings. The van der Waals surface area contributed by atoms with Crippen molar-refractivity contribution in [2.75, 3.05) is 0 Å². The second-order valence-electron chi connectivity index (χ2n) is 2.17. The molecule has 1 aromatic carbocycles. The van der Waals surface area contributed by atoms with Crippen LogP contribution in [0, 0.1) is 6.92 Å². The highest BCUT2D eigenvalue weighted by atomic mass is 32.5. The van der Waals surface area contributed by atoms with E-state index >= 15 is 0 Å². The van der Waals surface area contributed by atoms with Gasteiger partial charge in [-0.05, 0) is 18.7 Å². The molecule has 0 atom stereocenters. The van der Waals surface area contributed by atoms with Gasteiger partial charge < -0.3 is 14.7 Å². The molecule has 0 saturated heterocycles. The molecule has 68 valence electrons. The number of rotatable bonds is 0. The van der Waals surface area contributed by atoms with Crippen molar-refractivity contribution in [3.05, 3.63) is 35.9 Å². The van der Waals surface area contributed by atoms with Crippen molar-refractivity contribution < 1.29 is 14.7 Å². The molecule has 0 amide bonds. The normalized spacial score (nSPS) is 10.0. The topological polar surface area (TPSA) is 60.7 Å². The molecule has 0 aromatic heterocycles. The van der Waals surface area contributed by atoms with Crippen LogP contribution in [0.4, 0.5) is 0 Å². The summed E-state index contributed by atoms with van der Waals surface area (Å²) in [6.45, 7) is -1.72. The Morgan fingerprint density at radius 3 is 1.58 bits per heavy atom. The van der Waals surface area contributed by atoms with E-state index in [1.54, 1.807) is 0 Å². The summed E-state index contributed by atoms with van der Waals surface area (Å²) in [6.07, 6.45) is 0. The molecule has 0 radical (unpaired) electrons. The van der Waals surface area contributed by atoms with Crippen LogP contribution in [-0.2, 0) is 11.8 Å². The summed E-state index contributed by atoms with van der Waals surface area (Å²) in [7, 11) is 0. The quantitative estimate of drug-likeness (QED) is 0.558. The van der Waals surface area contributed by atoms with Crippen molar-refractivity contribution in [3.8, 4) is 0 Å². The molecule has 1 rings (SSSR count). The molecule has 0 heterocycles. The van der Waals surface area contributed by atoms with Gasteiger partial charge in [-0.15, -0.1) is 0 Å². The summed E-state index contributed by atoms with van der Waals surface area (Å²) < 4.78 is 0. The second-order valence-corrected chi connectivity index (χ2v) is 4.66. The van der Waals surface area contributed by atoms with Gasteiger partial charge in [0.2, 0.25) is 0 Å². The van der Waals surface area contributed by atoms with Crippen molar-refractivity contribution in [3.63, 3.8) is 0 Å². The predicted octanol–water partition coefficient (Wildman–Crippen LogP) is 1.18. The van der Waals surface area contributed by atoms with E-state index in [-0.39, 0.29) is 0 Å². The molecule has 0 bridgehead atoms. The first-order valence-electron chi connectivity index (χ1n) is 3.19. The van der Waals surface area contributed by atoms with Crippen LogP contribution in [0.5, 0.6) is 0 Å². The molecule has 5 heteroatoms. The van der Waals surface area contributed by atoms with E-state index < -0.39 is 6.72 Å². The maximum Gasteiger partial charge on any atom is 0.319 e. The first-order chi connectivity index (χ1) is 5.39. The number of hydrogen-bond donors (Lipinski definition) is 3. The maximum atomic E-state index is 7.56. The molecule has 0 aliphatic heterocycles. The standard InChI is InChI=1S/C7H8.H3O3PS/c1-7-5-3-2-4-6-7;1-4(2,3)5/h2-6H,1H3;(H3,1,2,3,5). The minimum atomic E-state index is -3.81. The molecule has 0 spiro atoms. The number of aryl methyl sites for hydroxylation is 1. The average molecular weight is 206 g/mol. The SMILES string of the molecule is Cc1ccccc1.OP(O)(O)=S. The predicted molar refractivity (Wildman–Crippen MR) is 52.1 cm³/mol. The van der Waals surface area contributed by atoms with Gasteiger partial charge in [0, 0.05) is 0 Å². The molecule has 3 nitrogen and oxygen atoms in total. The van der Waals surface area contributed by atoms with Gasteiger partial charge in [0.25, 0.3) is 0 Å². The van der Waals surface area contributed by atoms with Crippen molar-refractivity contribution in [1.82, 2.24) is 0 Å². The molecule has 0 aliphatic carbocycles. The van der Waals surface area contributed by atoms with Gasteiger partial charge in [-0.2, -0.15) is 0 Å². The van der Waals surface area contributed by atoms with Crippen LogP contribution >= 0.6 is 6.72 Å². The van der Waals surface area contributed by atoms with Crippen molar-refractivity contribution in [2.24, 2.45) is 0 Å². The van der Waals surface area contributed by atoms with Crippen molar-refractivity contribution >= 4 is 18.5 Å². The zero-order chi connectivity index (χ0) is 9.61. The van der Waals surface area contributed by atoms with Crippen LogP contribution in [0.25, 0.3) is 0 Å². The largest absolute Gasteiger partial charge is 0.325 e. The summed E-state index contributed by atoms with van der Waals surface area (Å²) in [4.78, 5) is 22.7. The van der Waals surface area contributed by atoms with E-state index in [1.807, 2.05) is 18.2 Å². The third kappa shape index (κ3) is 12.4. The van der Waals surface area contributed by atoms with Crippen LogP contribution in [0.2, 0.25) is 0 Å². The minimum Gasteiger partial charge on any atom is -0.325 e. The van der Waals surface area contributed by atoms with Gasteiger partial charge in [0.1, 0.15) is 0 Å². The maximum absolute atomic E-state index is 7.56. The highest BCUT2D eigenvalue weighted by Gasteiger charge is 1.92. The van der Waals surface area contributed by atoms with E-state index in [9.17, 15) is 0 Å². The van der Waals surface area contributed by atoms with E-state index in [0.29, 0.717) is 0 Å². The fourth-order valence-corrected chi connectivity index (χ4v) is 0.534. The average Bonchev–Trinajstić information content (AvgIpc) is 1.85. The van der Waals surface area contributed by atoms with Crippen LogP contribution < -0.4 is 0 Å². The Hall–Kier alpha value is -0.250. The third-order valence-electron chi connectivity index (χ3n) is 0.940. The Balaban J connectivity index is 0.000000217. The van der Waals surface area contributed by atoms with Gasteiger partial charge >= 0.3 is 6.72 Å². The Morgan fingerprint density at radius 1 is 1.08 bits per heavy atom. The first kappa shape index (κ1) is 11.8. The fourth-order valence-electron chi connectivity index (χ4n) is 0.534. The third-order valence-corrected chi connectivity index (χ3v) is 0.940. The van der Waals surface area contributed by atoms with Crippen molar-refractivity contribution in [1.29, 1.82) is 0 Å². The second kappa shape index (κ2) is 5.41. The molecule has 3 N–H and O–H groups in total. The van der Waals surface area contributed by atoms with Crippen LogP contribution in [-0.4, -0.2) is 14.7 Å². The molecule has 0 unspecified atom stereocenters. The number of hydrogen-bond acceptors (Lipinski definition) is 1. The molecule has 1 aromatic rings. The zero-order valence-corrected chi connectivity index (χ0v) is 8.29. The van der Waals surface area contributed by atoms with Gasteiger partial charge in [0.05, 0.1) is 0 Å². The smallest absolute Gasteiger partial charge is 0.319 e. The molecule has 12 heavy (non-hydrogen) atoms. The lowest BCUT2D eigenvalue weighted by molar-refractivity contribution is 0.363.